The number of aliphatic hydroxyl groups is 2. The van der Waals surface area contributed by atoms with Gasteiger partial charge in [0, 0.05) is 88.3 Å². The van der Waals surface area contributed by atoms with E-state index >= 15 is 23.2 Å². The van der Waals surface area contributed by atoms with Crippen molar-refractivity contribution in [3.63, 3.8) is 0 Å². The maximum atomic E-state index is 17.9. The van der Waals surface area contributed by atoms with E-state index in [4.69, 9.17) is 9.47 Å². The van der Waals surface area contributed by atoms with Gasteiger partial charge in [0.05, 0.1) is 25.4 Å². The largest absolute Gasteiger partial charge is 0.508 e. The summed E-state index contributed by atoms with van der Waals surface area (Å²) < 4.78 is 43.5. The van der Waals surface area contributed by atoms with E-state index in [0.717, 1.165) is 0 Å². The van der Waals surface area contributed by atoms with E-state index in [1.807, 2.05) is 9.80 Å². The summed E-state index contributed by atoms with van der Waals surface area (Å²) >= 11 is 0. The van der Waals surface area contributed by atoms with Crippen LogP contribution in [0.2, 0.25) is 0 Å². The molecule has 0 saturated carbocycles. The molecular formula is C55H68F2N4O9. The number of hydrogen-bond donors (Lipinski definition) is 6. The number of carbonyl (C=O) groups is 3. The van der Waals surface area contributed by atoms with Gasteiger partial charge in [-0.15, -0.1) is 0 Å². The molecule has 0 radical (unpaired) electrons. The Morgan fingerprint density at radius 1 is 0.643 bits per heavy atom. The number of aliphatic hydroxyl groups excluding tert-OH is 2. The van der Waals surface area contributed by atoms with Crippen molar-refractivity contribution in [2.24, 2.45) is 23.7 Å². The molecule has 0 aliphatic carbocycles. The van der Waals surface area contributed by atoms with Crippen molar-refractivity contribution in [2.75, 3.05) is 79.8 Å². The average Bonchev–Trinajstić information content (AvgIpc) is 3.36. The number of aromatic hydroxyl groups is 2. The van der Waals surface area contributed by atoms with Gasteiger partial charge in [-0.1, -0.05) is 48.5 Å². The van der Waals surface area contributed by atoms with Crippen molar-refractivity contribution in [2.45, 2.75) is 74.7 Å². The van der Waals surface area contributed by atoms with Crippen molar-refractivity contribution in [3.8, 4) is 11.5 Å². The third-order valence-corrected chi connectivity index (χ3v) is 16.3. The Hall–Kier alpha value is -4.97. The average molecular weight is 967 g/mol. The van der Waals surface area contributed by atoms with Crippen LogP contribution in [0.3, 0.4) is 0 Å². The first-order valence-corrected chi connectivity index (χ1v) is 24.7. The highest BCUT2D eigenvalue weighted by Crippen LogP contribution is 2.56. The molecule has 0 amide bonds. The summed E-state index contributed by atoms with van der Waals surface area (Å²) in [5, 5.41) is 56.5. The first kappa shape index (κ1) is 51.4. The highest BCUT2D eigenvalue weighted by Gasteiger charge is 2.72. The molecule has 6 N–H and O–H groups in total. The number of ketones is 3. The molecule has 0 bridgehead atoms. The summed E-state index contributed by atoms with van der Waals surface area (Å²) in [6, 6.07) is 21.0. The lowest BCUT2D eigenvalue weighted by atomic mass is 9.52. The fraction of sp³-hybridized carbons (Fsp3) is 0.509. The quantitative estimate of drug-likeness (QED) is 0.0771. The normalized spacial score (nSPS) is 29.9. The van der Waals surface area contributed by atoms with Crippen molar-refractivity contribution in [1.82, 2.24) is 20.4 Å². The Kier molecular flexibility index (Phi) is 16.0. The Morgan fingerprint density at radius 2 is 1.04 bits per heavy atom. The lowest BCUT2D eigenvalue weighted by Crippen LogP contribution is -2.84. The summed E-state index contributed by atoms with van der Waals surface area (Å²) in [6.45, 7) is 5.09. The van der Waals surface area contributed by atoms with Gasteiger partial charge in [-0.2, -0.15) is 0 Å². The van der Waals surface area contributed by atoms with Crippen molar-refractivity contribution in [1.29, 1.82) is 0 Å². The van der Waals surface area contributed by atoms with Gasteiger partial charge in [-0.05, 0) is 123 Å². The number of likely N-dealkylation sites (tertiary alicyclic amines) is 2. The van der Waals surface area contributed by atoms with Crippen molar-refractivity contribution in [3.05, 3.63) is 130 Å². The molecule has 4 saturated heterocycles. The molecule has 8 rings (SSSR count). The molecule has 10 atom stereocenters. The van der Waals surface area contributed by atoms with Crippen LogP contribution in [0, 0.1) is 49.2 Å². The molecule has 4 aromatic carbocycles. The van der Waals surface area contributed by atoms with E-state index in [0.29, 0.717) is 49.9 Å². The Balaban J connectivity index is 1.44. The van der Waals surface area contributed by atoms with Crippen LogP contribution in [-0.4, -0.2) is 151 Å². The van der Waals surface area contributed by atoms with E-state index < -0.39 is 87.8 Å². The zero-order valence-corrected chi connectivity index (χ0v) is 40.6. The van der Waals surface area contributed by atoms with Crippen LogP contribution in [-0.2, 0) is 14.3 Å². The second kappa shape index (κ2) is 21.8. The number of methoxy groups -OCH3 is 2. The van der Waals surface area contributed by atoms with Crippen LogP contribution in [0.25, 0.3) is 0 Å². The summed E-state index contributed by atoms with van der Waals surface area (Å²) in [5.74, 6) is -8.58. The molecular weight excluding hydrogens is 899 g/mol. The summed E-state index contributed by atoms with van der Waals surface area (Å²) in [4.78, 5) is 52.0. The van der Waals surface area contributed by atoms with E-state index in [-0.39, 0.29) is 86.2 Å². The first-order valence-electron chi connectivity index (χ1n) is 24.7. The van der Waals surface area contributed by atoms with E-state index in [2.05, 4.69) is 10.6 Å². The number of hydrogen-bond acceptors (Lipinski definition) is 13. The zero-order chi connectivity index (χ0) is 49.9. The van der Waals surface area contributed by atoms with Crippen LogP contribution in [0.15, 0.2) is 84.9 Å². The molecule has 4 fully saturated rings. The monoisotopic (exact) mass is 966 g/mol. The molecule has 13 nitrogen and oxygen atoms in total. The van der Waals surface area contributed by atoms with Crippen LogP contribution >= 0.6 is 0 Å². The van der Waals surface area contributed by atoms with Crippen molar-refractivity contribution >= 4 is 17.3 Å². The number of rotatable bonds is 16. The van der Waals surface area contributed by atoms with Gasteiger partial charge in [0.15, 0.2) is 17.3 Å². The second-order valence-electron chi connectivity index (χ2n) is 19.8. The van der Waals surface area contributed by atoms with E-state index in [1.165, 1.54) is 62.8 Å². The van der Waals surface area contributed by atoms with Gasteiger partial charge < -0.3 is 40.5 Å². The molecule has 2 unspecified atom stereocenters. The predicted molar refractivity (Wildman–Crippen MR) is 260 cm³/mol. The van der Waals surface area contributed by atoms with Gasteiger partial charge in [0.1, 0.15) is 34.2 Å². The van der Waals surface area contributed by atoms with Crippen LogP contribution in [0.4, 0.5) is 8.78 Å². The summed E-state index contributed by atoms with van der Waals surface area (Å²) in [7, 11) is 3.06. The van der Waals surface area contributed by atoms with Crippen molar-refractivity contribution < 1.29 is 53.1 Å². The summed E-state index contributed by atoms with van der Waals surface area (Å²) in [5.41, 5.74) is -2.42. The minimum Gasteiger partial charge on any atom is -0.508 e. The maximum Gasteiger partial charge on any atom is 0.179 e. The highest BCUT2D eigenvalue weighted by atomic mass is 19.1. The number of piperidine rings is 4. The molecule has 0 aromatic heterocycles. The number of benzene rings is 4. The number of Topliss-reactive ketones (excluding diaryl/α,β-unsaturated/α-hetero) is 3. The lowest BCUT2D eigenvalue weighted by Gasteiger charge is -2.65. The van der Waals surface area contributed by atoms with Crippen LogP contribution < -0.4 is 10.6 Å². The van der Waals surface area contributed by atoms with Gasteiger partial charge in [0.25, 0.3) is 0 Å². The third kappa shape index (κ3) is 9.12. The molecule has 0 spiro atoms. The minimum atomic E-state index is -1.93. The molecule has 15 heteroatoms. The molecule has 4 aromatic rings. The fourth-order valence-electron chi connectivity index (χ4n) is 13.0. The standard InChI is InChI=1S/C55H68F2N4O9/c1-33-41(17-7-19-45(33)56)47-43(49(64)35-11-5-15-39(62)27-35)31-60(23-25-69-3)54(51(47)66,37-13-9-21-58-29-37)53(68)55(38-14-10-22-59-30-38)52(67)48(42-18-8-20-46(57)34(42)2)44(32-61(55)24-26-70-4)50(65)36-12-6-16-40(63)28-36/h5-8,11-12,15-20,27-28,37-38,43-44,47-48,51-52,58-59,62-63,66-67H,9-10,13-14,21-26,29-32H2,1-4H3/t37?,38?,43-,44-,47+,48+,51-,52-,54-,55-/m0/s1. The van der Waals surface area contributed by atoms with Gasteiger partial charge in [-0.3, -0.25) is 24.2 Å². The van der Waals surface area contributed by atoms with Gasteiger partial charge in [0.2, 0.25) is 0 Å². The smallest absolute Gasteiger partial charge is 0.179 e. The zero-order valence-electron chi connectivity index (χ0n) is 40.6. The number of nitrogens with zero attached hydrogens (tertiary/aromatic N) is 2. The molecule has 4 aliphatic rings. The SMILES string of the molecule is COCCN1C[C@H](C(=O)c2cccc(O)c2)[C@@H](c2cccc(F)c2C)[C@H](O)[C@]1(C(=O)[C@]1(C2CCCNC2)[C@@H](O)[C@H](c2cccc(F)c2C)[C@@H](C(=O)c2cccc(O)c2)CN1CCOC)C1CCCNC1. The van der Waals surface area contributed by atoms with Gasteiger partial charge in [-0.25, -0.2) is 8.78 Å². The Morgan fingerprint density at radius 3 is 1.40 bits per heavy atom. The topological polar surface area (TPSA) is 181 Å². The third-order valence-electron chi connectivity index (χ3n) is 16.3. The second-order valence-corrected chi connectivity index (χ2v) is 19.8. The predicted octanol–water partition coefficient (Wildman–Crippen LogP) is 5.55. The van der Waals surface area contributed by atoms with E-state index in [1.54, 1.807) is 50.2 Å². The molecule has 70 heavy (non-hydrogen) atoms. The fourth-order valence-corrected chi connectivity index (χ4v) is 13.0. The number of phenols is 2. The first-order chi connectivity index (χ1) is 33.7. The van der Waals surface area contributed by atoms with E-state index in [9.17, 15) is 20.4 Å². The Labute approximate surface area is 409 Å². The number of ether oxygens (including phenoxy) is 2. The maximum absolute atomic E-state index is 17.9. The van der Waals surface area contributed by atoms with Crippen LogP contribution in [0.1, 0.15) is 80.5 Å². The van der Waals surface area contributed by atoms with Gasteiger partial charge >= 0.3 is 0 Å². The molecule has 4 heterocycles. The Bertz CT molecular complexity index is 2350. The minimum absolute atomic E-state index is 0.0622. The number of nitrogens with one attached hydrogen (secondary N) is 2. The molecule has 4 aliphatic heterocycles. The highest BCUT2D eigenvalue weighted by molar-refractivity contribution is 6.03. The number of phenolic OH excluding ortho intramolecular Hbond substituents is 2. The summed E-state index contributed by atoms with van der Waals surface area (Å²) in [6.07, 6.45) is -1.30. The number of carbonyl (C=O) groups excluding carboxylic acids is 3. The lowest BCUT2D eigenvalue weighted by molar-refractivity contribution is -0.198. The van der Waals surface area contributed by atoms with Crippen LogP contribution in [0.5, 0.6) is 11.5 Å². The number of halogens is 2. The molecule has 376 valence electrons.